The lowest BCUT2D eigenvalue weighted by molar-refractivity contribution is 0.425. The van der Waals surface area contributed by atoms with E-state index in [1.54, 1.807) is 0 Å². The summed E-state index contributed by atoms with van der Waals surface area (Å²) in [4.78, 5) is 11.0. The summed E-state index contributed by atoms with van der Waals surface area (Å²) in [6, 6.07) is 5.26. The normalized spacial score (nSPS) is 14.0. The number of aromatic nitrogens is 2. The lowest BCUT2D eigenvalue weighted by atomic mass is 10.2. The Balaban J connectivity index is 1.79. The Labute approximate surface area is 140 Å². The molecule has 0 atom stereocenters. The molecule has 0 unspecified atom stereocenters. The van der Waals surface area contributed by atoms with Crippen molar-refractivity contribution in [3.05, 3.63) is 41.6 Å². The molecule has 7 heteroatoms. The van der Waals surface area contributed by atoms with Gasteiger partial charge in [0.1, 0.15) is 17.5 Å². The number of nitrogens with one attached hydrogen (secondary N) is 2. The van der Waals surface area contributed by atoms with Gasteiger partial charge < -0.3 is 15.5 Å². The number of halogens is 2. The lowest BCUT2D eigenvalue weighted by Gasteiger charge is -2.13. The van der Waals surface area contributed by atoms with Crippen molar-refractivity contribution >= 4 is 17.5 Å². The van der Waals surface area contributed by atoms with Crippen LogP contribution in [0.4, 0.5) is 26.2 Å². The number of benzene rings is 1. The highest BCUT2D eigenvalue weighted by Crippen LogP contribution is 2.40. The predicted molar refractivity (Wildman–Crippen MR) is 90.7 cm³/mol. The smallest absolute Gasteiger partial charge is 0.224 e. The third kappa shape index (κ3) is 4.38. The van der Waals surface area contributed by atoms with Crippen LogP contribution in [0.1, 0.15) is 24.5 Å². The molecule has 0 bridgehead atoms. The summed E-state index contributed by atoms with van der Waals surface area (Å²) in [5.74, 6) is 0.214. The Kier molecular flexibility index (Phi) is 4.89. The van der Waals surface area contributed by atoms with Crippen molar-refractivity contribution in [3.8, 4) is 0 Å². The van der Waals surface area contributed by atoms with E-state index < -0.39 is 11.6 Å². The van der Waals surface area contributed by atoms with Crippen molar-refractivity contribution in [2.24, 2.45) is 0 Å². The Bertz CT molecular complexity index is 716. The highest BCUT2D eigenvalue weighted by Gasteiger charge is 2.26. The van der Waals surface area contributed by atoms with Gasteiger partial charge in [-0.05, 0) is 39.1 Å². The quantitative estimate of drug-likeness (QED) is 0.814. The van der Waals surface area contributed by atoms with Crippen LogP contribution in [0.5, 0.6) is 0 Å². The van der Waals surface area contributed by atoms with Crippen molar-refractivity contribution in [1.82, 2.24) is 14.9 Å². The number of nitrogens with zero attached hydrogens (tertiary/aromatic N) is 3. The summed E-state index contributed by atoms with van der Waals surface area (Å²) < 4.78 is 26.9. The maximum Gasteiger partial charge on any atom is 0.224 e. The number of rotatable bonds is 7. The molecule has 128 valence electrons. The van der Waals surface area contributed by atoms with E-state index in [9.17, 15) is 8.78 Å². The molecule has 1 aliphatic rings. The number of hydrogen-bond donors (Lipinski definition) is 2. The highest BCUT2D eigenvalue weighted by molar-refractivity contribution is 5.58. The number of hydrogen-bond acceptors (Lipinski definition) is 5. The molecule has 2 aromatic rings. The molecule has 1 fully saturated rings. The molecular weight excluding hydrogens is 312 g/mol. The molecule has 3 rings (SSSR count). The second kappa shape index (κ2) is 7.09. The largest absolute Gasteiger partial charge is 0.353 e. The summed E-state index contributed by atoms with van der Waals surface area (Å²) in [5, 5.41) is 6.11. The molecule has 1 aromatic heterocycles. The predicted octanol–water partition coefficient (Wildman–Crippen LogP) is 3.35. The molecule has 0 amide bonds. The van der Waals surface area contributed by atoms with Crippen molar-refractivity contribution in [1.29, 1.82) is 0 Å². The zero-order valence-corrected chi connectivity index (χ0v) is 13.8. The van der Waals surface area contributed by atoms with Crippen LogP contribution < -0.4 is 10.6 Å². The molecule has 1 aromatic carbocycles. The molecular formula is C17H21F2N5. The summed E-state index contributed by atoms with van der Waals surface area (Å²) in [6.45, 7) is 1.57. The van der Waals surface area contributed by atoms with E-state index in [4.69, 9.17) is 0 Å². The van der Waals surface area contributed by atoms with E-state index in [-0.39, 0.29) is 5.69 Å². The minimum atomic E-state index is -0.649. The topological polar surface area (TPSA) is 53.1 Å². The summed E-state index contributed by atoms with van der Waals surface area (Å²) in [5.41, 5.74) is 1.14. The van der Waals surface area contributed by atoms with Crippen LogP contribution in [0.2, 0.25) is 0 Å². The van der Waals surface area contributed by atoms with Gasteiger partial charge in [-0.1, -0.05) is 0 Å². The van der Waals surface area contributed by atoms with Gasteiger partial charge >= 0.3 is 0 Å². The van der Waals surface area contributed by atoms with E-state index in [0.29, 0.717) is 24.2 Å². The molecule has 5 nitrogen and oxygen atoms in total. The molecule has 2 N–H and O–H groups in total. The zero-order valence-electron chi connectivity index (χ0n) is 13.8. The SMILES string of the molecule is CN(C)CCNc1nc(Nc2ccc(F)cc2F)cc(C2CC2)n1. The van der Waals surface area contributed by atoms with Gasteiger partial charge in [0.15, 0.2) is 0 Å². The van der Waals surface area contributed by atoms with E-state index in [1.807, 2.05) is 20.2 Å². The first-order valence-corrected chi connectivity index (χ1v) is 8.01. The molecule has 0 radical (unpaired) electrons. The molecule has 1 aliphatic carbocycles. The minimum Gasteiger partial charge on any atom is -0.353 e. The van der Waals surface area contributed by atoms with Crippen molar-refractivity contribution < 1.29 is 8.78 Å². The first kappa shape index (κ1) is 16.6. The number of likely N-dealkylation sites (N-methyl/N-ethyl adjacent to an activating group) is 1. The molecule has 1 saturated carbocycles. The van der Waals surface area contributed by atoms with E-state index in [2.05, 4.69) is 25.5 Å². The van der Waals surface area contributed by atoms with Crippen LogP contribution >= 0.6 is 0 Å². The first-order chi connectivity index (χ1) is 11.5. The minimum absolute atomic E-state index is 0.191. The van der Waals surface area contributed by atoms with Gasteiger partial charge in [0.2, 0.25) is 5.95 Å². The van der Waals surface area contributed by atoms with Gasteiger partial charge in [-0.3, -0.25) is 0 Å². The second-order valence-electron chi connectivity index (χ2n) is 6.26. The van der Waals surface area contributed by atoms with Crippen LogP contribution in [0, 0.1) is 11.6 Å². The Morgan fingerprint density at radius 1 is 1.17 bits per heavy atom. The number of anilines is 3. The van der Waals surface area contributed by atoms with Gasteiger partial charge in [0.05, 0.1) is 11.4 Å². The zero-order chi connectivity index (χ0) is 17.1. The van der Waals surface area contributed by atoms with E-state index >= 15 is 0 Å². The Morgan fingerprint density at radius 3 is 2.62 bits per heavy atom. The molecule has 0 saturated heterocycles. The van der Waals surface area contributed by atoms with Gasteiger partial charge in [0.25, 0.3) is 0 Å². The van der Waals surface area contributed by atoms with Crippen LogP contribution in [-0.4, -0.2) is 42.1 Å². The first-order valence-electron chi connectivity index (χ1n) is 8.01. The second-order valence-corrected chi connectivity index (χ2v) is 6.26. The van der Waals surface area contributed by atoms with Crippen LogP contribution in [0.3, 0.4) is 0 Å². The van der Waals surface area contributed by atoms with Gasteiger partial charge in [-0.2, -0.15) is 4.98 Å². The van der Waals surface area contributed by atoms with Crippen LogP contribution in [-0.2, 0) is 0 Å². The Morgan fingerprint density at radius 2 is 1.96 bits per heavy atom. The van der Waals surface area contributed by atoms with Crippen LogP contribution in [0.15, 0.2) is 24.3 Å². The standard InChI is InChI=1S/C17H21F2N5/c1-24(2)8-7-20-17-22-15(11-3-4-11)10-16(23-17)21-14-6-5-12(18)9-13(14)19/h5-6,9-11H,3-4,7-8H2,1-2H3,(H2,20,21,22,23). The van der Waals surface area contributed by atoms with Gasteiger partial charge in [-0.25, -0.2) is 13.8 Å². The molecule has 24 heavy (non-hydrogen) atoms. The maximum absolute atomic E-state index is 13.8. The van der Waals surface area contributed by atoms with Crippen LogP contribution in [0.25, 0.3) is 0 Å². The Hall–Kier alpha value is -2.28. The third-order valence-corrected chi connectivity index (χ3v) is 3.78. The average molecular weight is 333 g/mol. The monoisotopic (exact) mass is 333 g/mol. The van der Waals surface area contributed by atoms with Gasteiger partial charge in [-0.15, -0.1) is 0 Å². The third-order valence-electron chi connectivity index (χ3n) is 3.78. The maximum atomic E-state index is 13.8. The van der Waals surface area contributed by atoms with Crippen molar-refractivity contribution in [2.75, 3.05) is 37.8 Å². The molecule has 0 spiro atoms. The highest BCUT2D eigenvalue weighted by atomic mass is 19.1. The van der Waals surface area contributed by atoms with E-state index in [1.165, 1.54) is 12.1 Å². The molecule has 1 heterocycles. The summed E-state index contributed by atoms with van der Waals surface area (Å²) in [6.07, 6.45) is 2.22. The fourth-order valence-corrected chi connectivity index (χ4v) is 2.32. The van der Waals surface area contributed by atoms with Crippen molar-refractivity contribution in [2.45, 2.75) is 18.8 Å². The average Bonchev–Trinajstić information content (AvgIpc) is 3.34. The lowest BCUT2D eigenvalue weighted by Crippen LogP contribution is -2.21. The summed E-state index contributed by atoms with van der Waals surface area (Å²) >= 11 is 0. The fourth-order valence-electron chi connectivity index (χ4n) is 2.32. The van der Waals surface area contributed by atoms with Gasteiger partial charge in [0, 0.05) is 31.1 Å². The van der Waals surface area contributed by atoms with E-state index in [0.717, 1.165) is 31.1 Å². The van der Waals surface area contributed by atoms with Crippen molar-refractivity contribution in [3.63, 3.8) is 0 Å². The fraction of sp³-hybridized carbons (Fsp3) is 0.412. The summed E-state index contributed by atoms with van der Waals surface area (Å²) in [7, 11) is 3.99. The molecule has 0 aliphatic heterocycles.